The maximum Gasteiger partial charge on any atom is 0.303 e. The molecule has 238 valence electrons. The molecule has 40 heavy (non-hydrogen) atoms. The summed E-state index contributed by atoms with van der Waals surface area (Å²) in [5.41, 5.74) is 0. The maximum absolute atomic E-state index is 11.3. The third-order valence-corrected chi connectivity index (χ3v) is 5.89. The molecule has 13 heteroatoms. The lowest BCUT2D eigenvalue weighted by molar-refractivity contribution is -0.138. The lowest BCUT2D eigenvalue weighted by Crippen LogP contribution is -2.25. The number of carboxylic acid groups (broad SMARTS) is 1. The van der Waals surface area contributed by atoms with E-state index < -0.39 is 5.97 Å². The second-order valence-electron chi connectivity index (χ2n) is 8.60. The number of unbranched alkanes of at least 4 members (excludes halogenated alkanes) is 3. The Morgan fingerprint density at radius 2 is 0.825 bits per heavy atom. The number of aliphatic carboxylic acids is 1. The van der Waals surface area contributed by atoms with Gasteiger partial charge in [-0.15, -0.1) is 0 Å². The van der Waals surface area contributed by atoms with Crippen molar-refractivity contribution in [3.8, 4) is 0 Å². The summed E-state index contributed by atoms with van der Waals surface area (Å²) in [6.45, 7) is 9.05. The highest BCUT2D eigenvalue weighted by Gasteiger charge is 2.04. The first-order valence-electron chi connectivity index (χ1n) is 14.3. The number of nitrogens with one attached hydrogen (secondary N) is 1. The van der Waals surface area contributed by atoms with Crippen LogP contribution in [0.4, 0.5) is 0 Å². The van der Waals surface area contributed by atoms with Crippen molar-refractivity contribution in [3.63, 3.8) is 0 Å². The molecule has 0 fully saturated rings. The predicted octanol–water partition coefficient (Wildman–Crippen LogP) is 2.49. The largest absolute Gasteiger partial charge is 0.481 e. The van der Waals surface area contributed by atoms with Gasteiger partial charge in [0.05, 0.1) is 98.9 Å². The molecule has 0 atom stereocenters. The van der Waals surface area contributed by atoms with Crippen LogP contribution in [-0.4, -0.2) is 134 Å². The topological polar surface area (TPSA) is 140 Å². The number of halogens is 1. The quantitative estimate of drug-likeness (QED) is 0.0584. The lowest BCUT2D eigenvalue weighted by atomic mass is 10.2. The molecule has 0 aliphatic heterocycles. The Kier molecular flexibility index (Phi) is 34.0. The molecular formula is C27H52INO11. The van der Waals surface area contributed by atoms with E-state index in [0.29, 0.717) is 112 Å². The normalized spacial score (nSPS) is 11.2. The van der Waals surface area contributed by atoms with Crippen LogP contribution in [0.3, 0.4) is 0 Å². The highest BCUT2D eigenvalue weighted by Crippen LogP contribution is 2.02. The van der Waals surface area contributed by atoms with E-state index in [0.717, 1.165) is 13.0 Å². The van der Waals surface area contributed by atoms with Gasteiger partial charge in [-0.3, -0.25) is 9.59 Å². The minimum Gasteiger partial charge on any atom is -0.481 e. The van der Waals surface area contributed by atoms with E-state index in [1.807, 2.05) is 0 Å². The number of amides is 1. The molecule has 0 aromatic carbocycles. The Bertz CT molecular complexity index is 547. The summed E-state index contributed by atoms with van der Waals surface area (Å²) < 4.78 is 44.9. The fraction of sp³-hybridized carbons (Fsp3) is 0.926. The highest BCUT2D eigenvalue weighted by molar-refractivity contribution is 14.1. The fourth-order valence-electron chi connectivity index (χ4n) is 3.00. The number of carboxylic acids is 1. The van der Waals surface area contributed by atoms with Gasteiger partial charge in [0.1, 0.15) is 0 Å². The van der Waals surface area contributed by atoms with Crippen LogP contribution < -0.4 is 5.32 Å². The van der Waals surface area contributed by atoms with Crippen molar-refractivity contribution in [3.05, 3.63) is 0 Å². The fourth-order valence-corrected chi connectivity index (χ4v) is 3.54. The number of carbonyl (C=O) groups excluding carboxylic acids is 1. The Labute approximate surface area is 253 Å². The number of ether oxygens (including phenoxy) is 8. The zero-order chi connectivity index (χ0) is 29.2. The molecule has 0 aromatic rings. The Morgan fingerprint density at radius 1 is 0.475 bits per heavy atom. The van der Waals surface area contributed by atoms with Crippen LogP contribution in [-0.2, 0) is 47.5 Å². The van der Waals surface area contributed by atoms with E-state index in [-0.39, 0.29) is 18.7 Å². The van der Waals surface area contributed by atoms with Crippen LogP contribution in [0.2, 0.25) is 0 Å². The smallest absolute Gasteiger partial charge is 0.303 e. The van der Waals surface area contributed by atoms with E-state index in [2.05, 4.69) is 27.9 Å². The molecule has 0 aliphatic rings. The second kappa shape index (κ2) is 34.6. The first kappa shape index (κ1) is 39.4. The molecule has 2 N–H and O–H groups in total. The third kappa shape index (κ3) is 35.4. The van der Waals surface area contributed by atoms with Crippen LogP contribution in [0.5, 0.6) is 0 Å². The van der Waals surface area contributed by atoms with Crippen molar-refractivity contribution in [1.82, 2.24) is 5.32 Å². The first-order chi connectivity index (χ1) is 19.7. The van der Waals surface area contributed by atoms with Gasteiger partial charge in [-0.25, -0.2) is 0 Å². The Morgan fingerprint density at radius 3 is 1.20 bits per heavy atom. The van der Waals surface area contributed by atoms with Gasteiger partial charge >= 0.3 is 5.97 Å². The number of rotatable bonds is 34. The molecule has 0 bridgehead atoms. The summed E-state index contributed by atoms with van der Waals surface area (Å²) >= 11 is 2.41. The van der Waals surface area contributed by atoms with Gasteiger partial charge in [0, 0.05) is 26.2 Å². The van der Waals surface area contributed by atoms with Gasteiger partial charge in [0.2, 0.25) is 5.91 Å². The molecular weight excluding hydrogens is 641 g/mol. The molecule has 0 saturated heterocycles. The summed E-state index contributed by atoms with van der Waals surface area (Å²) in [6.07, 6.45) is 5.45. The average molecular weight is 694 g/mol. The van der Waals surface area contributed by atoms with Gasteiger partial charge in [0.25, 0.3) is 0 Å². The van der Waals surface area contributed by atoms with Crippen molar-refractivity contribution in [1.29, 1.82) is 0 Å². The van der Waals surface area contributed by atoms with E-state index in [4.69, 9.17) is 43.0 Å². The van der Waals surface area contributed by atoms with Gasteiger partial charge in [0.15, 0.2) is 0 Å². The molecule has 0 heterocycles. The summed E-state index contributed by atoms with van der Waals surface area (Å²) in [6, 6.07) is 0. The van der Waals surface area contributed by atoms with E-state index in [1.54, 1.807) is 0 Å². The Balaban J connectivity index is 3.07. The zero-order valence-corrected chi connectivity index (χ0v) is 26.2. The molecule has 0 aromatic heterocycles. The highest BCUT2D eigenvalue weighted by atomic mass is 127. The molecule has 0 saturated carbocycles. The maximum atomic E-state index is 11.3. The van der Waals surface area contributed by atoms with Crippen molar-refractivity contribution in [2.45, 2.75) is 44.9 Å². The van der Waals surface area contributed by atoms with Crippen molar-refractivity contribution >= 4 is 34.5 Å². The molecule has 0 unspecified atom stereocenters. The third-order valence-electron chi connectivity index (χ3n) is 5.13. The molecule has 0 rings (SSSR count). The molecule has 0 aliphatic carbocycles. The predicted molar refractivity (Wildman–Crippen MR) is 158 cm³/mol. The van der Waals surface area contributed by atoms with Gasteiger partial charge in [-0.05, 0) is 23.7 Å². The molecule has 0 spiro atoms. The van der Waals surface area contributed by atoms with Crippen molar-refractivity contribution < 1.29 is 52.6 Å². The molecule has 0 radical (unpaired) electrons. The Hall–Kier alpha value is -0.650. The van der Waals surface area contributed by atoms with E-state index in [1.165, 1.54) is 23.7 Å². The summed E-state index contributed by atoms with van der Waals surface area (Å²) in [4.78, 5) is 21.7. The second-order valence-corrected chi connectivity index (χ2v) is 9.68. The molecule has 1 amide bonds. The minimum atomic E-state index is -0.978. The van der Waals surface area contributed by atoms with Crippen LogP contribution in [0.1, 0.15) is 44.9 Å². The zero-order valence-electron chi connectivity index (χ0n) is 24.1. The number of carbonyl (C=O) groups is 2. The summed E-state index contributed by atoms with van der Waals surface area (Å²) in [5.74, 6) is -1.24. The summed E-state index contributed by atoms with van der Waals surface area (Å²) in [7, 11) is 0. The van der Waals surface area contributed by atoms with Gasteiger partial charge < -0.3 is 48.3 Å². The number of alkyl halides is 1. The van der Waals surface area contributed by atoms with Gasteiger partial charge in [-0.2, -0.15) is 0 Å². The van der Waals surface area contributed by atoms with Crippen molar-refractivity contribution in [2.75, 3.05) is 117 Å². The molecule has 12 nitrogen and oxygen atoms in total. The van der Waals surface area contributed by atoms with Crippen LogP contribution >= 0.6 is 22.6 Å². The minimum absolute atomic E-state index is 0.00380. The van der Waals surface area contributed by atoms with Crippen molar-refractivity contribution in [2.24, 2.45) is 0 Å². The number of hydrogen-bond donors (Lipinski definition) is 2. The monoisotopic (exact) mass is 693 g/mol. The van der Waals surface area contributed by atoms with Crippen LogP contribution in [0, 0.1) is 0 Å². The lowest BCUT2D eigenvalue weighted by Gasteiger charge is -2.09. The van der Waals surface area contributed by atoms with E-state index >= 15 is 0 Å². The van der Waals surface area contributed by atoms with E-state index in [9.17, 15) is 9.59 Å². The van der Waals surface area contributed by atoms with Crippen LogP contribution in [0.15, 0.2) is 0 Å². The SMILES string of the molecule is O=C(O)CCC(=O)NCCCOCCOCCOCCOCCOCCOCCOCCOCCCCCCI. The standard InChI is InChI=1S/C27H52INO11/c28-8-3-1-2-4-10-33-12-14-35-16-18-37-20-22-39-24-25-40-23-21-38-19-17-36-15-13-34-11-5-9-29-26(30)6-7-27(31)32/h1-25H2,(H,29,30)(H,31,32). The number of hydrogen-bond acceptors (Lipinski definition) is 10. The first-order valence-corrected chi connectivity index (χ1v) is 15.9. The average Bonchev–Trinajstić information content (AvgIpc) is 2.94. The van der Waals surface area contributed by atoms with Gasteiger partial charge in [-0.1, -0.05) is 35.4 Å². The summed E-state index contributed by atoms with van der Waals surface area (Å²) in [5, 5.41) is 11.2. The van der Waals surface area contributed by atoms with Crippen LogP contribution in [0.25, 0.3) is 0 Å².